The van der Waals surface area contributed by atoms with Crippen molar-refractivity contribution in [1.29, 1.82) is 0 Å². The van der Waals surface area contributed by atoms with Gasteiger partial charge >= 0.3 is 0 Å². The first-order valence-electron chi connectivity index (χ1n) is 10.3. The molecule has 0 aromatic heterocycles. The smallest absolute Gasteiger partial charge is 0.119 e. The maximum atomic E-state index is 9.45. The van der Waals surface area contributed by atoms with Crippen LogP contribution in [-0.2, 0) is 5.41 Å². The number of phenols is 1. The van der Waals surface area contributed by atoms with Crippen molar-refractivity contribution in [2.45, 2.75) is 98.8 Å². The van der Waals surface area contributed by atoms with Gasteiger partial charge in [-0.3, -0.25) is 0 Å². The molecule has 0 bridgehead atoms. The lowest BCUT2D eigenvalue weighted by Crippen LogP contribution is -2.25. The van der Waals surface area contributed by atoms with Gasteiger partial charge in [-0.15, -0.1) is 0 Å². The van der Waals surface area contributed by atoms with Gasteiger partial charge in [-0.2, -0.15) is 0 Å². The molecule has 1 fully saturated rings. The first-order chi connectivity index (χ1) is 11.6. The number of para-hydroxylation sites is 1. The van der Waals surface area contributed by atoms with Crippen molar-refractivity contribution in [3.8, 4) is 5.75 Å². The second-order valence-electron chi connectivity index (χ2n) is 10.0. The Balaban J connectivity index is 0.000000257. The van der Waals surface area contributed by atoms with E-state index in [1.54, 1.807) is 6.07 Å². The zero-order valence-electron chi connectivity index (χ0n) is 17.9. The molecular weight excluding hydrogens is 304 g/mol. The van der Waals surface area contributed by atoms with Crippen molar-refractivity contribution in [3.63, 3.8) is 0 Å². The minimum atomic E-state index is 0.0331. The second-order valence-corrected chi connectivity index (χ2v) is 10.0. The summed E-state index contributed by atoms with van der Waals surface area (Å²) in [4.78, 5) is 0. The van der Waals surface area contributed by atoms with Crippen LogP contribution in [0.25, 0.3) is 0 Å². The van der Waals surface area contributed by atoms with E-state index < -0.39 is 0 Å². The van der Waals surface area contributed by atoms with E-state index in [-0.39, 0.29) is 5.41 Å². The van der Waals surface area contributed by atoms with Gasteiger partial charge in [-0.25, -0.2) is 0 Å². The zero-order chi connectivity index (χ0) is 19.1. The van der Waals surface area contributed by atoms with E-state index >= 15 is 0 Å². The fraction of sp³-hybridized carbons (Fsp3) is 0.750. The van der Waals surface area contributed by atoms with Gasteiger partial charge < -0.3 is 5.11 Å². The molecule has 0 aliphatic heterocycles. The third-order valence-corrected chi connectivity index (χ3v) is 5.69. The predicted octanol–water partition coefficient (Wildman–Crippen LogP) is 7.72. The van der Waals surface area contributed by atoms with E-state index in [0.29, 0.717) is 11.2 Å². The molecule has 1 aliphatic carbocycles. The molecule has 1 unspecified atom stereocenters. The largest absolute Gasteiger partial charge is 0.508 e. The summed E-state index contributed by atoms with van der Waals surface area (Å²) in [6, 6.07) is 7.46. The van der Waals surface area contributed by atoms with Gasteiger partial charge in [0.05, 0.1) is 0 Å². The summed E-state index contributed by atoms with van der Waals surface area (Å²) in [6.45, 7) is 15.8. The topological polar surface area (TPSA) is 20.2 Å². The molecular formula is C24H42O. The number of hydrogen-bond donors (Lipinski definition) is 1. The Labute approximate surface area is 157 Å². The van der Waals surface area contributed by atoms with Crippen molar-refractivity contribution in [2.75, 3.05) is 0 Å². The van der Waals surface area contributed by atoms with Crippen molar-refractivity contribution < 1.29 is 5.11 Å². The lowest BCUT2D eigenvalue weighted by atomic mass is 9.69. The van der Waals surface area contributed by atoms with Crippen LogP contribution in [0.5, 0.6) is 5.75 Å². The maximum Gasteiger partial charge on any atom is 0.119 e. The lowest BCUT2D eigenvalue weighted by Gasteiger charge is -2.37. The minimum absolute atomic E-state index is 0.0331. The minimum Gasteiger partial charge on any atom is -0.508 e. The van der Waals surface area contributed by atoms with E-state index in [4.69, 9.17) is 0 Å². The molecule has 2 rings (SSSR count). The quantitative estimate of drug-likeness (QED) is 0.578. The van der Waals surface area contributed by atoms with Crippen LogP contribution in [0.4, 0.5) is 0 Å². The highest BCUT2D eigenvalue weighted by Gasteiger charge is 2.29. The third-order valence-electron chi connectivity index (χ3n) is 5.69. The standard InChI is InChI=1S/C14H28.C10H14O/c1-5-6-10-13(14(2,3)4)11-12-8-7-9-12;1-10(2,3)8-6-4-5-7-9(8)11/h12-13H,5-11H2,1-4H3;4-7,11H,1-3H3. The van der Waals surface area contributed by atoms with Crippen LogP contribution < -0.4 is 0 Å². The Kier molecular flexibility index (Phi) is 8.51. The molecule has 1 atom stereocenters. The van der Waals surface area contributed by atoms with Crippen LogP contribution in [0.3, 0.4) is 0 Å². The number of aromatic hydroxyl groups is 1. The van der Waals surface area contributed by atoms with Gasteiger partial charge in [-0.05, 0) is 47.1 Å². The molecule has 1 aliphatic rings. The molecule has 0 spiro atoms. The predicted molar refractivity (Wildman–Crippen MR) is 111 cm³/mol. The Morgan fingerprint density at radius 3 is 2.00 bits per heavy atom. The maximum absolute atomic E-state index is 9.45. The molecule has 1 nitrogen and oxygen atoms in total. The monoisotopic (exact) mass is 346 g/mol. The number of phenolic OH excluding ortho intramolecular Hbond substituents is 1. The Hall–Kier alpha value is -0.980. The Morgan fingerprint density at radius 2 is 1.64 bits per heavy atom. The lowest BCUT2D eigenvalue weighted by molar-refractivity contribution is 0.145. The molecule has 1 saturated carbocycles. The average Bonchev–Trinajstić information content (AvgIpc) is 2.44. The number of unbranched alkanes of at least 4 members (excludes halogenated alkanes) is 1. The zero-order valence-corrected chi connectivity index (χ0v) is 17.9. The van der Waals surface area contributed by atoms with Gasteiger partial charge in [0.2, 0.25) is 0 Å². The molecule has 0 heterocycles. The van der Waals surface area contributed by atoms with E-state index in [9.17, 15) is 5.11 Å². The van der Waals surface area contributed by atoms with Crippen LogP contribution >= 0.6 is 0 Å². The summed E-state index contributed by atoms with van der Waals surface area (Å²) in [5, 5.41) is 9.45. The van der Waals surface area contributed by atoms with Crippen LogP contribution in [-0.4, -0.2) is 5.11 Å². The third kappa shape index (κ3) is 7.84. The summed E-state index contributed by atoms with van der Waals surface area (Å²) >= 11 is 0. The molecule has 0 saturated heterocycles. The first-order valence-corrected chi connectivity index (χ1v) is 10.3. The summed E-state index contributed by atoms with van der Waals surface area (Å²) in [6.07, 6.45) is 10.3. The SMILES string of the molecule is CC(C)(C)c1ccccc1O.CCCCC(CC1CCC1)C(C)(C)C. The summed E-state index contributed by atoms with van der Waals surface area (Å²) in [7, 11) is 0. The van der Waals surface area contributed by atoms with Gasteiger partial charge in [0.15, 0.2) is 0 Å². The summed E-state index contributed by atoms with van der Waals surface area (Å²) < 4.78 is 0. The van der Waals surface area contributed by atoms with Crippen molar-refractivity contribution in [1.82, 2.24) is 0 Å². The number of benzene rings is 1. The summed E-state index contributed by atoms with van der Waals surface area (Å²) in [5.41, 5.74) is 1.57. The number of rotatable bonds is 5. The highest BCUT2D eigenvalue weighted by atomic mass is 16.3. The number of hydrogen-bond acceptors (Lipinski definition) is 1. The van der Waals surface area contributed by atoms with Crippen LogP contribution in [0.15, 0.2) is 24.3 Å². The highest BCUT2D eigenvalue weighted by Crippen LogP contribution is 2.40. The molecule has 0 radical (unpaired) electrons. The molecule has 1 heteroatoms. The molecule has 1 aromatic rings. The second kappa shape index (κ2) is 9.64. The van der Waals surface area contributed by atoms with Crippen molar-refractivity contribution in [3.05, 3.63) is 29.8 Å². The molecule has 1 aromatic carbocycles. The Morgan fingerprint density at radius 1 is 1.04 bits per heavy atom. The Bertz CT molecular complexity index is 486. The average molecular weight is 347 g/mol. The molecule has 1 N–H and O–H groups in total. The van der Waals surface area contributed by atoms with Gasteiger partial charge in [0, 0.05) is 0 Å². The van der Waals surface area contributed by atoms with Gasteiger partial charge in [0.1, 0.15) is 5.75 Å². The van der Waals surface area contributed by atoms with E-state index in [1.807, 2.05) is 18.2 Å². The van der Waals surface area contributed by atoms with Crippen LogP contribution in [0.1, 0.15) is 99.0 Å². The first kappa shape index (κ1) is 22.1. The van der Waals surface area contributed by atoms with Crippen molar-refractivity contribution >= 4 is 0 Å². The van der Waals surface area contributed by atoms with E-state index in [1.165, 1.54) is 44.9 Å². The van der Waals surface area contributed by atoms with Crippen LogP contribution in [0, 0.1) is 17.3 Å². The fourth-order valence-corrected chi connectivity index (χ4v) is 3.59. The highest BCUT2D eigenvalue weighted by molar-refractivity contribution is 5.36. The molecule has 25 heavy (non-hydrogen) atoms. The molecule has 144 valence electrons. The van der Waals surface area contributed by atoms with E-state index in [2.05, 4.69) is 48.5 Å². The summed E-state index contributed by atoms with van der Waals surface area (Å²) in [5.74, 6) is 2.43. The molecule has 0 amide bonds. The van der Waals surface area contributed by atoms with E-state index in [0.717, 1.165) is 17.4 Å². The van der Waals surface area contributed by atoms with Crippen molar-refractivity contribution in [2.24, 2.45) is 17.3 Å². The van der Waals surface area contributed by atoms with Crippen LogP contribution in [0.2, 0.25) is 0 Å². The van der Waals surface area contributed by atoms with Gasteiger partial charge in [0.25, 0.3) is 0 Å². The normalized spacial score (nSPS) is 16.6. The van der Waals surface area contributed by atoms with Gasteiger partial charge in [-0.1, -0.05) is 98.8 Å². The fourth-order valence-electron chi connectivity index (χ4n) is 3.59.